The maximum Gasteiger partial charge on any atom is 0.270 e. The van der Waals surface area contributed by atoms with E-state index in [2.05, 4.69) is 20.2 Å². The first-order chi connectivity index (χ1) is 12.2. The van der Waals surface area contributed by atoms with E-state index >= 15 is 0 Å². The number of ether oxygens (including phenoxy) is 1. The van der Waals surface area contributed by atoms with Crippen molar-refractivity contribution in [2.24, 2.45) is 0 Å². The van der Waals surface area contributed by atoms with Crippen molar-refractivity contribution in [3.05, 3.63) is 48.4 Å². The summed E-state index contributed by atoms with van der Waals surface area (Å²) in [6.45, 7) is 4.75. The van der Waals surface area contributed by atoms with E-state index in [1.54, 1.807) is 6.07 Å². The lowest BCUT2D eigenvalue weighted by Gasteiger charge is -2.26. The Bertz CT molecular complexity index is 689. The fourth-order valence-electron chi connectivity index (χ4n) is 2.68. The Morgan fingerprint density at radius 1 is 1.24 bits per heavy atom. The predicted molar refractivity (Wildman–Crippen MR) is 96.1 cm³/mol. The lowest BCUT2D eigenvalue weighted by molar-refractivity contribution is 0.0383. The van der Waals surface area contributed by atoms with Crippen LogP contribution in [0.15, 0.2) is 42.7 Å². The summed E-state index contributed by atoms with van der Waals surface area (Å²) in [4.78, 5) is 24.9. The molecule has 1 N–H and O–H groups in total. The van der Waals surface area contributed by atoms with Crippen molar-refractivity contribution in [1.82, 2.24) is 20.2 Å². The smallest absolute Gasteiger partial charge is 0.270 e. The molecule has 1 aromatic carbocycles. The number of carbonyl (C=O) groups is 1. The molecule has 0 saturated carbocycles. The van der Waals surface area contributed by atoms with Crippen LogP contribution in [0.3, 0.4) is 0 Å². The molecule has 7 heteroatoms. The van der Waals surface area contributed by atoms with Crippen molar-refractivity contribution < 1.29 is 9.53 Å². The summed E-state index contributed by atoms with van der Waals surface area (Å²) in [5.74, 6) is 0.498. The van der Waals surface area contributed by atoms with Gasteiger partial charge in [-0.15, -0.1) is 0 Å². The summed E-state index contributed by atoms with van der Waals surface area (Å²) in [5, 5.41) is 2.92. The minimum absolute atomic E-state index is 0.182. The zero-order valence-corrected chi connectivity index (χ0v) is 14.4. The van der Waals surface area contributed by atoms with Crippen molar-refractivity contribution in [2.45, 2.75) is 0 Å². The summed E-state index contributed by atoms with van der Waals surface area (Å²) >= 11 is 0. The van der Waals surface area contributed by atoms with Crippen LogP contribution in [-0.2, 0) is 4.74 Å². The molecule has 2 aromatic rings. The molecule has 3 rings (SSSR count). The second-order valence-corrected chi connectivity index (χ2v) is 5.87. The maximum atomic E-state index is 12.3. The highest BCUT2D eigenvalue weighted by Gasteiger charge is 2.13. The molecule has 0 spiro atoms. The molecule has 132 valence electrons. The first-order valence-corrected chi connectivity index (χ1v) is 8.43. The highest BCUT2D eigenvalue weighted by molar-refractivity contribution is 5.93. The van der Waals surface area contributed by atoms with Crippen LogP contribution in [0, 0.1) is 0 Å². The number of para-hydroxylation sites is 1. The average Bonchev–Trinajstić information content (AvgIpc) is 2.69. The second kappa shape index (κ2) is 8.55. The third kappa shape index (κ3) is 4.74. The summed E-state index contributed by atoms with van der Waals surface area (Å²) < 4.78 is 5.32. The van der Waals surface area contributed by atoms with Gasteiger partial charge in [0.15, 0.2) is 0 Å². The van der Waals surface area contributed by atoms with Gasteiger partial charge in [-0.3, -0.25) is 9.69 Å². The molecule has 0 unspecified atom stereocenters. The van der Waals surface area contributed by atoms with Crippen LogP contribution in [0.5, 0.6) is 0 Å². The summed E-state index contributed by atoms with van der Waals surface area (Å²) in [6, 6.07) is 11.6. The Balaban J connectivity index is 1.57. The maximum absolute atomic E-state index is 12.3. The number of amides is 1. The molecule has 25 heavy (non-hydrogen) atoms. The molecule has 0 bridgehead atoms. The minimum Gasteiger partial charge on any atom is -0.379 e. The Morgan fingerprint density at radius 3 is 2.76 bits per heavy atom. The predicted octanol–water partition coefficient (Wildman–Crippen LogP) is 1.31. The van der Waals surface area contributed by atoms with Gasteiger partial charge in [-0.25, -0.2) is 9.97 Å². The van der Waals surface area contributed by atoms with Crippen LogP contribution in [0.25, 0.3) is 0 Å². The summed E-state index contributed by atoms with van der Waals surface area (Å²) in [7, 11) is 1.91. The first-order valence-electron chi connectivity index (χ1n) is 8.43. The number of rotatable bonds is 6. The van der Waals surface area contributed by atoms with Crippen LogP contribution in [-0.4, -0.2) is 67.2 Å². The van der Waals surface area contributed by atoms with Crippen molar-refractivity contribution in [2.75, 3.05) is 51.3 Å². The van der Waals surface area contributed by atoms with Gasteiger partial charge in [-0.05, 0) is 12.1 Å². The number of hydrogen-bond donors (Lipinski definition) is 1. The van der Waals surface area contributed by atoms with E-state index in [0.29, 0.717) is 18.1 Å². The monoisotopic (exact) mass is 341 g/mol. The SMILES string of the molecule is CN(c1ccccc1)c1cc(C(=O)NCCN2CCOCC2)ncn1. The zero-order valence-electron chi connectivity index (χ0n) is 14.4. The van der Waals surface area contributed by atoms with Gasteiger partial charge in [0.25, 0.3) is 5.91 Å². The third-order valence-electron chi connectivity index (χ3n) is 4.19. The number of anilines is 2. The van der Waals surface area contributed by atoms with E-state index in [9.17, 15) is 4.79 Å². The fraction of sp³-hybridized carbons (Fsp3) is 0.389. The third-order valence-corrected chi connectivity index (χ3v) is 4.19. The van der Waals surface area contributed by atoms with Gasteiger partial charge in [0.1, 0.15) is 17.8 Å². The van der Waals surface area contributed by atoms with Gasteiger partial charge in [-0.1, -0.05) is 18.2 Å². The van der Waals surface area contributed by atoms with Crippen LogP contribution in [0.1, 0.15) is 10.5 Å². The molecule has 1 fully saturated rings. The molecule has 0 radical (unpaired) electrons. The van der Waals surface area contributed by atoms with Gasteiger partial charge in [0.05, 0.1) is 13.2 Å². The normalized spacial score (nSPS) is 14.9. The van der Waals surface area contributed by atoms with E-state index in [1.807, 2.05) is 42.3 Å². The number of aromatic nitrogens is 2. The quantitative estimate of drug-likeness (QED) is 0.854. The van der Waals surface area contributed by atoms with Crippen molar-refractivity contribution in [1.29, 1.82) is 0 Å². The molecule has 1 aliphatic rings. The summed E-state index contributed by atoms with van der Waals surface area (Å²) in [6.07, 6.45) is 1.42. The number of carbonyl (C=O) groups excluding carboxylic acids is 1. The standard InChI is InChI=1S/C18H23N5O2/c1-22(15-5-3-2-4-6-15)17-13-16(20-14-21-17)18(24)19-7-8-23-9-11-25-12-10-23/h2-6,13-14H,7-12H2,1H3,(H,19,24). The van der Waals surface area contributed by atoms with Crippen molar-refractivity contribution in [3.63, 3.8) is 0 Å². The molecule has 1 aromatic heterocycles. The number of morpholine rings is 1. The summed E-state index contributed by atoms with van der Waals surface area (Å²) in [5.41, 5.74) is 1.37. The second-order valence-electron chi connectivity index (χ2n) is 5.87. The number of nitrogens with zero attached hydrogens (tertiary/aromatic N) is 4. The van der Waals surface area contributed by atoms with E-state index in [1.165, 1.54) is 6.33 Å². The lowest BCUT2D eigenvalue weighted by Crippen LogP contribution is -2.41. The lowest BCUT2D eigenvalue weighted by atomic mass is 10.3. The van der Waals surface area contributed by atoms with Gasteiger partial charge >= 0.3 is 0 Å². The zero-order chi connectivity index (χ0) is 17.5. The van der Waals surface area contributed by atoms with Crippen molar-refractivity contribution in [3.8, 4) is 0 Å². The van der Waals surface area contributed by atoms with Gasteiger partial charge in [0.2, 0.25) is 0 Å². The van der Waals surface area contributed by atoms with Crippen molar-refractivity contribution >= 4 is 17.4 Å². The largest absolute Gasteiger partial charge is 0.379 e. The average molecular weight is 341 g/mol. The van der Waals surface area contributed by atoms with E-state index in [0.717, 1.165) is 38.5 Å². The van der Waals surface area contributed by atoms with E-state index in [-0.39, 0.29) is 5.91 Å². The van der Waals surface area contributed by atoms with Crippen LogP contribution in [0.4, 0.5) is 11.5 Å². The molecule has 0 atom stereocenters. The van der Waals surface area contributed by atoms with Crippen LogP contribution < -0.4 is 10.2 Å². The highest BCUT2D eigenvalue weighted by atomic mass is 16.5. The van der Waals surface area contributed by atoms with Gasteiger partial charge in [-0.2, -0.15) is 0 Å². The van der Waals surface area contributed by atoms with Gasteiger partial charge in [0, 0.05) is 45.0 Å². The molecule has 1 saturated heterocycles. The van der Waals surface area contributed by atoms with Crippen LogP contribution in [0.2, 0.25) is 0 Å². The van der Waals surface area contributed by atoms with E-state index < -0.39 is 0 Å². The fourth-order valence-corrected chi connectivity index (χ4v) is 2.68. The molecular weight excluding hydrogens is 318 g/mol. The molecule has 1 aliphatic heterocycles. The molecule has 0 aliphatic carbocycles. The Morgan fingerprint density at radius 2 is 2.00 bits per heavy atom. The van der Waals surface area contributed by atoms with Crippen LogP contribution >= 0.6 is 0 Å². The van der Waals surface area contributed by atoms with Gasteiger partial charge < -0.3 is 15.0 Å². The number of hydrogen-bond acceptors (Lipinski definition) is 6. The molecule has 7 nitrogen and oxygen atoms in total. The number of nitrogens with one attached hydrogen (secondary N) is 1. The topological polar surface area (TPSA) is 70.6 Å². The Kier molecular flexibility index (Phi) is 5.92. The molecule has 1 amide bonds. The number of benzene rings is 1. The Labute approximate surface area is 147 Å². The minimum atomic E-state index is -0.182. The molecular formula is C18H23N5O2. The highest BCUT2D eigenvalue weighted by Crippen LogP contribution is 2.20. The Hall–Kier alpha value is -2.51. The van der Waals surface area contributed by atoms with E-state index in [4.69, 9.17) is 4.74 Å². The first kappa shape index (κ1) is 17.3. The molecule has 2 heterocycles.